The Balaban J connectivity index is 1.88. The predicted molar refractivity (Wildman–Crippen MR) is 104 cm³/mol. The highest BCUT2D eigenvalue weighted by atomic mass is 16.6. The van der Waals surface area contributed by atoms with Crippen LogP contribution in [0, 0.1) is 10.1 Å². The van der Waals surface area contributed by atoms with E-state index < -0.39 is 0 Å². The van der Waals surface area contributed by atoms with Crippen LogP contribution in [0.5, 0.6) is 23.0 Å². The van der Waals surface area contributed by atoms with Crippen molar-refractivity contribution in [3.05, 3.63) is 51.1 Å². The van der Waals surface area contributed by atoms with Gasteiger partial charge in [0.2, 0.25) is 0 Å². The zero-order valence-corrected chi connectivity index (χ0v) is 16.5. The molecule has 0 unspecified atom stereocenters. The van der Waals surface area contributed by atoms with Crippen molar-refractivity contribution >= 4 is 5.69 Å². The summed E-state index contributed by atoms with van der Waals surface area (Å²) in [6, 6.07) is 7.08. The van der Waals surface area contributed by atoms with Gasteiger partial charge in [0.05, 0.1) is 39.4 Å². The first-order valence-corrected chi connectivity index (χ1v) is 8.86. The lowest BCUT2D eigenvalue weighted by Crippen LogP contribution is -2.30. The van der Waals surface area contributed by atoms with Crippen molar-refractivity contribution in [3.8, 4) is 23.0 Å². The van der Waals surface area contributed by atoms with Crippen LogP contribution in [0.1, 0.15) is 16.7 Å². The van der Waals surface area contributed by atoms with Gasteiger partial charge in [-0.25, -0.2) is 0 Å². The fraction of sp³-hybridized carbons (Fsp3) is 0.400. The number of fused-ring (bicyclic) bond motifs is 1. The van der Waals surface area contributed by atoms with E-state index in [0.29, 0.717) is 41.7 Å². The van der Waals surface area contributed by atoms with E-state index in [-0.39, 0.29) is 10.6 Å². The fourth-order valence-corrected chi connectivity index (χ4v) is 3.52. The van der Waals surface area contributed by atoms with E-state index in [1.165, 1.54) is 25.8 Å². The fourth-order valence-electron chi connectivity index (χ4n) is 3.52. The third-order valence-electron chi connectivity index (χ3n) is 4.97. The van der Waals surface area contributed by atoms with Crippen LogP contribution in [-0.4, -0.2) is 44.8 Å². The number of hydrogen-bond donors (Lipinski definition) is 0. The molecule has 0 saturated carbocycles. The standard InChI is InChI=1S/C20H24N2O6/c1-25-17-7-13-5-6-21(11-14(13)8-18(17)26-2)12-15-9-19(27-3)20(28-4)10-16(15)22(23)24/h7-10H,5-6,11-12H2,1-4H3. The topological polar surface area (TPSA) is 83.3 Å². The second-order valence-electron chi connectivity index (χ2n) is 6.53. The molecule has 150 valence electrons. The normalized spacial score (nSPS) is 13.6. The van der Waals surface area contributed by atoms with Gasteiger partial charge in [0, 0.05) is 25.2 Å². The molecule has 1 heterocycles. The molecular formula is C20H24N2O6. The van der Waals surface area contributed by atoms with E-state index in [0.717, 1.165) is 18.5 Å². The molecule has 28 heavy (non-hydrogen) atoms. The molecule has 0 spiro atoms. The van der Waals surface area contributed by atoms with Gasteiger partial charge in [-0.15, -0.1) is 0 Å². The summed E-state index contributed by atoms with van der Waals surface area (Å²) in [6.07, 6.45) is 0.830. The molecular weight excluding hydrogens is 364 g/mol. The molecule has 8 nitrogen and oxygen atoms in total. The Hall–Kier alpha value is -3.00. The first-order chi connectivity index (χ1) is 13.5. The Bertz CT molecular complexity index is 883. The highest BCUT2D eigenvalue weighted by Gasteiger charge is 2.24. The highest BCUT2D eigenvalue weighted by molar-refractivity contribution is 5.54. The van der Waals surface area contributed by atoms with Gasteiger partial charge >= 0.3 is 0 Å². The molecule has 2 aromatic carbocycles. The SMILES string of the molecule is COc1cc2c(cc1OC)CN(Cc1cc(OC)c(OC)cc1[N+](=O)[O-])CC2. The first-order valence-electron chi connectivity index (χ1n) is 8.86. The van der Waals surface area contributed by atoms with E-state index in [9.17, 15) is 10.1 Å². The molecule has 0 saturated heterocycles. The van der Waals surface area contributed by atoms with Gasteiger partial charge < -0.3 is 18.9 Å². The minimum atomic E-state index is -0.386. The number of benzene rings is 2. The van der Waals surface area contributed by atoms with Gasteiger partial charge in [-0.05, 0) is 35.7 Å². The lowest BCUT2D eigenvalue weighted by Gasteiger charge is -2.29. The molecule has 0 N–H and O–H groups in total. The summed E-state index contributed by atoms with van der Waals surface area (Å²) in [5, 5.41) is 11.5. The van der Waals surface area contributed by atoms with E-state index >= 15 is 0 Å². The molecule has 0 atom stereocenters. The van der Waals surface area contributed by atoms with Gasteiger partial charge in [0.25, 0.3) is 5.69 Å². The molecule has 0 radical (unpaired) electrons. The number of ether oxygens (including phenoxy) is 4. The summed E-state index contributed by atoms with van der Waals surface area (Å²) < 4.78 is 21.3. The molecule has 0 bridgehead atoms. The van der Waals surface area contributed by atoms with Crippen molar-refractivity contribution < 1.29 is 23.9 Å². The van der Waals surface area contributed by atoms with Crippen LogP contribution in [0.25, 0.3) is 0 Å². The smallest absolute Gasteiger partial charge is 0.277 e. The Kier molecular flexibility index (Phi) is 5.89. The molecule has 0 aliphatic carbocycles. The molecule has 0 fully saturated rings. The maximum absolute atomic E-state index is 11.5. The first kappa shape index (κ1) is 19.8. The molecule has 2 aromatic rings. The van der Waals surface area contributed by atoms with Crippen LogP contribution in [0.4, 0.5) is 5.69 Å². The number of nitro groups is 1. The largest absolute Gasteiger partial charge is 0.493 e. The van der Waals surface area contributed by atoms with Crippen molar-refractivity contribution in [1.29, 1.82) is 0 Å². The molecule has 1 aliphatic heterocycles. The summed E-state index contributed by atoms with van der Waals surface area (Å²) in [5.41, 5.74) is 2.95. The maximum atomic E-state index is 11.5. The van der Waals surface area contributed by atoms with Gasteiger partial charge in [0.1, 0.15) is 0 Å². The summed E-state index contributed by atoms with van der Waals surface area (Å²) in [5.74, 6) is 2.22. The molecule has 3 rings (SSSR count). The minimum absolute atomic E-state index is 0.0239. The Labute approximate surface area is 163 Å². The van der Waals surface area contributed by atoms with Crippen molar-refractivity contribution in [2.24, 2.45) is 0 Å². The Morgan fingerprint density at radius 3 is 2.00 bits per heavy atom. The Morgan fingerprint density at radius 2 is 1.43 bits per heavy atom. The highest BCUT2D eigenvalue weighted by Crippen LogP contribution is 2.37. The third-order valence-corrected chi connectivity index (χ3v) is 4.97. The molecule has 0 aromatic heterocycles. The quantitative estimate of drug-likeness (QED) is 0.532. The zero-order valence-electron chi connectivity index (χ0n) is 16.5. The van der Waals surface area contributed by atoms with Crippen LogP contribution in [0.3, 0.4) is 0 Å². The summed E-state index contributed by atoms with van der Waals surface area (Å²) in [6.45, 7) is 1.89. The van der Waals surface area contributed by atoms with Gasteiger partial charge in [-0.2, -0.15) is 0 Å². The number of rotatable bonds is 7. The van der Waals surface area contributed by atoms with Crippen LogP contribution in [-0.2, 0) is 19.5 Å². The van der Waals surface area contributed by atoms with Crippen molar-refractivity contribution in [3.63, 3.8) is 0 Å². The molecule has 0 amide bonds. The number of methoxy groups -OCH3 is 4. The van der Waals surface area contributed by atoms with Crippen LogP contribution in [0.15, 0.2) is 24.3 Å². The number of nitro benzene ring substituents is 1. The van der Waals surface area contributed by atoms with E-state index in [1.807, 2.05) is 12.1 Å². The summed E-state index contributed by atoms with van der Waals surface area (Å²) in [4.78, 5) is 13.3. The van der Waals surface area contributed by atoms with Crippen LogP contribution in [0.2, 0.25) is 0 Å². The number of nitrogens with zero attached hydrogens (tertiary/aromatic N) is 2. The summed E-state index contributed by atoms with van der Waals surface area (Å²) >= 11 is 0. The second-order valence-corrected chi connectivity index (χ2v) is 6.53. The van der Waals surface area contributed by atoms with Crippen LogP contribution >= 0.6 is 0 Å². The monoisotopic (exact) mass is 388 g/mol. The van der Waals surface area contributed by atoms with E-state index in [2.05, 4.69) is 4.90 Å². The number of hydrogen-bond acceptors (Lipinski definition) is 7. The lowest BCUT2D eigenvalue weighted by molar-refractivity contribution is -0.385. The van der Waals surface area contributed by atoms with Gasteiger partial charge in [-0.3, -0.25) is 15.0 Å². The Morgan fingerprint density at radius 1 is 0.893 bits per heavy atom. The van der Waals surface area contributed by atoms with E-state index in [4.69, 9.17) is 18.9 Å². The zero-order chi connectivity index (χ0) is 20.3. The lowest BCUT2D eigenvalue weighted by atomic mass is 9.98. The molecule has 1 aliphatic rings. The van der Waals surface area contributed by atoms with E-state index in [1.54, 1.807) is 20.3 Å². The third kappa shape index (κ3) is 3.82. The maximum Gasteiger partial charge on any atom is 0.277 e. The van der Waals surface area contributed by atoms with Crippen molar-refractivity contribution in [2.45, 2.75) is 19.5 Å². The molecule has 8 heteroatoms. The summed E-state index contributed by atoms with van der Waals surface area (Å²) in [7, 11) is 6.21. The van der Waals surface area contributed by atoms with Crippen LogP contribution < -0.4 is 18.9 Å². The van der Waals surface area contributed by atoms with Gasteiger partial charge in [-0.1, -0.05) is 0 Å². The average molecular weight is 388 g/mol. The second kappa shape index (κ2) is 8.35. The average Bonchev–Trinajstić information content (AvgIpc) is 2.71. The predicted octanol–water partition coefficient (Wildman–Crippen LogP) is 3.19. The minimum Gasteiger partial charge on any atom is -0.493 e. The van der Waals surface area contributed by atoms with Gasteiger partial charge in [0.15, 0.2) is 23.0 Å². The van der Waals surface area contributed by atoms with Crippen molar-refractivity contribution in [2.75, 3.05) is 35.0 Å². The van der Waals surface area contributed by atoms with Crippen molar-refractivity contribution in [1.82, 2.24) is 4.90 Å².